The van der Waals surface area contributed by atoms with E-state index in [-0.39, 0.29) is 6.10 Å². The third-order valence-corrected chi connectivity index (χ3v) is 4.41. The molecular formula is C22H34N4O2. The van der Waals surface area contributed by atoms with Crippen molar-refractivity contribution in [2.45, 2.75) is 67.0 Å². The van der Waals surface area contributed by atoms with Crippen LogP contribution in [0.25, 0.3) is 0 Å². The lowest BCUT2D eigenvalue weighted by atomic mass is 10.1. The maximum absolute atomic E-state index is 5.96. The number of nitrogens with zero attached hydrogens (tertiary/aromatic N) is 2. The number of rotatable bonds is 9. The van der Waals surface area contributed by atoms with Crippen molar-refractivity contribution in [1.29, 1.82) is 0 Å². The van der Waals surface area contributed by atoms with Gasteiger partial charge in [-0.15, -0.1) is 0 Å². The average molecular weight is 387 g/mol. The minimum atomic E-state index is 0.139. The van der Waals surface area contributed by atoms with Crippen LogP contribution in [0.2, 0.25) is 0 Å². The molecule has 0 amide bonds. The van der Waals surface area contributed by atoms with Crippen LogP contribution in [0.5, 0.6) is 5.75 Å². The molecule has 2 N–H and O–H groups in total. The Bertz CT molecular complexity index is 761. The van der Waals surface area contributed by atoms with E-state index in [1.807, 2.05) is 27.7 Å². The average Bonchev–Trinajstić information content (AvgIpc) is 2.95. The first-order chi connectivity index (χ1) is 13.4. The van der Waals surface area contributed by atoms with Crippen LogP contribution in [-0.2, 0) is 13.0 Å². The topological polar surface area (TPSA) is 71.7 Å². The number of aliphatic imine (C=N–C) groups is 1. The molecule has 0 aliphatic heterocycles. The van der Waals surface area contributed by atoms with Gasteiger partial charge in [0.15, 0.2) is 5.96 Å². The summed E-state index contributed by atoms with van der Waals surface area (Å²) in [5.41, 5.74) is 4.47. The zero-order valence-corrected chi connectivity index (χ0v) is 18.1. The summed E-state index contributed by atoms with van der Waals surface area (Å²) in [6, 6.07) is 6.27. The van der Waals surface area contributed by atoms with Gasteiger partial charge in [-0.3, -0.25) is 0 Å². The van der Waals surface area contributed by atoms with E-state index < -0.39 is 0 Å². The van der Waals surface area contributed by atoms with E-state index in [9.17, 15) is 0 Å². The molecule has 1 aromatic heterocycles. The zero-order valence-electron chi connectivity index (χ0n) is 18.1. The standard InChI is InChI=1S/C22H34N4O2/c1-7-23-22(24-12-8-9-20-17(5)26-28-18(20)6)25-14-19-11-10-16(4)13-21(19)27-15(2)3/h10-11,13,15H,7-9,12,14H2,1-6H3,(H2,23,24,25). The van der Waals surface area contributed by atoms with E-state index in [0.29, 0.717) is 6.54 Å². The van der Waals surface area contributed by atoms with Crippen LogP contribution < -0.4 is 15.4 Å². The lowest BCUT2D eigenvalue weighted by molar-refractivity contribution is 0.240. The van der Waals surface area contributed by atoms with Crippen molar-refractivity contribution >= 4 is 5.96 Å². The Morgan fingerprint density at radius 2 is 2.00 bits per heavy atom. The Balaban J connectivity index is 1.95. The van der Waals surface area contributed by atoms with Gasteiger partial charge < -0.3 is 19.9 Å². The van der Waals surface area contributed by atoms with Crippen molar-refractivity contribution in [2.75, 3.05) is 13.1 Å². The number of nitrogens with one attached hydrogen (secondary N) is 2. The van der Waals surface area contributed by atoms with Crippen LogP contribution in [0, 0.1) is 20.8 Å². The Labute approximate surface area is 168 Å². The number of hydrogen-bond acceptors (Lipinski definition) is 4. The van der Waals surface area contributed by atoms with Gasteiger partial charge in [-0.05, 0) is 66.0 Å². The number of guanidine groups is 1. The van der Waals surface area contributed by atoms with Crippen LogP contribution >= 0.6 is 0 Å². The van der Waals surface area contributed by atoms with Crippen molar-refractivity contribution in [3.05, 3.63) is 46.3 Å². The minimum Gasteiger partial charge on any atom is -0.491 e. The van der Waals surface area contributed by atoms with Gasteiger partial charge in [-0.25, -0.2) is 4.99 Å². The normalized spacial score (nSPS) is 11.8. The molecule has 0 bridgehead atoms. The molecule has 28 heavy (non-hydrogen) atoms. The second-order valence-corrected chi connectivity index (χ2v) is 7.31. The molecule has 0 fully saturated rings. The number of hydrogen-bond donors (Lipinski definition) is 2. The van der Waals surface area contributed by atoms with Gasteiger partial charge in [0.2, 0.25) is 0 Å². The van der Waals surface area contributed by atoms with Gasteiger partial charge in [0.1, 0.15) is 11.5 Å². The molecule has 154 valence electrons. The summed E-state index contributed by atoms with van der Waals surface area (Å²) in [6.45, 7) is 14.4. The molecule has 6 heteroatoms. The molecule has 2 aromatic rings. The van der Waals surface area contributed by atoms with E-state index in [1.165, 1.54) is 11.1 Å². The zero-order chi connectivity index (χ0) is 20.5. The predicted octanol–water partition coefficient (Wildman–Crippen LogP) is 4.07. The number of aryl methyl sites for hydroxylation is 3. The second kappa shape index (κ2) is 10.7. The van der Waals surface area contributed by atoms with Crippen molar-refractivity contribution in [2.24, 2.45) is 4.99 Å². The highest BCUT2D eigenvalue weighted by atomic mass is 16.5. The van der Waals surface area contributed by atoms with Gasteiger partial charge >= 0.3 is 0 Å². The number of ether oxygens (including phenoxy) is 1. The van der Waals surface area contributed by atoms with Crippen LogP contribution in [-0.4, -0.2) is 30.3 Å². The van der Waals surface area contributed by atoms with Crippen LogP contribution in [0.3, 0.4) is 0 Å². The highest BCUT2D eigenvalue weighted by Crippen LogP contribution is 2.22. The molecule has 0 saturated heterocycles. The van der Waals surface area contributed by atoms with E-state index in [1.54, 1.807) is 0 Å². The lowest BCUT2D eigenvalue weighted by Crippen LogP contribution is -2.37. The van der Waals surface area contributed by atoms with Gasteiger partial charge in [-0.2, -0.15) is 0 Å². The fourth-order valence-corrected chi connectivity index (χ4v) is 2.99. The summed E-state index contributed by atoms with van der Waals surface area (Å²) < 4.78 is 11.2. The first kappa shape index (κ1) is 21.8. The molecule has 1 aromatic carbocycles. The predicted molar refractivity (Wildman–Crippen MR) is 114 cm³/mol. The van der Waals surface area contributed by atoms with E-state index in [4.69, 9.17) is 14.3 Å². The SMILES string of the molecule is CCNC(=NCc1ccc(C)cc1OC(C)C)NCCCc1c(C)noc1C. The largest absolute Gasteiger partial charge is 0.491 e. The first-order valence-electron chi connectivity index (χ1n) is 10.1. The quantitative estimate of drug-likeness (QED) is 0.386. The van der Waals surface area contributed by atoms with Gasteiger partial charge in [-0.1, -0.05) is 17.3 Å². The molecule has 1 heterocycles. The summed E-state index contributed by atoms with van der Waals surface area (Å²) >= 11 is 0. The first-order valence-corrected chi connectivity index (χ1v) is 10.1. The minimum absolute atomic E-state index is 0.139. The van der Waals surface area contributed by atoms with E-state index in [2.05, 4.69) is 47.8 Å². The second-order valence-electron chi connectivity index (χ2n) is 7.31. The Kier molecular flexibility index (Phi) is 8.36. The van der Waals surface area contributed by atoms with E-state index >= 15 is 0 Å². The van der Waals surface area contributed by atoms with Gasteiger partial charge in [0.05, 0.1) is 18.3 Å². The molecule has 6 nitrogen and oxygen atoms in total. The van der Waals surface area contributed by atoms with Crippen molar-refractivity contribution in [3.8, 4) is 5.75 Å². The summed E-state index contributed by atoms with van der Waals surface area (Å²) in [4.78, 5) is 4.73. The van der Waals surface area contributed by atoms with Crippen molar-refractivity contribution < 1.29 is 9.26 Å². The highest BCUT2D eigenvalue weighted by molar-refractivity contribution is 5.79. The highest BCUT2D eigenvalue weighted by Gasteiger charge is 2.09. The Hall–Kier alpha value is -2.50. The van der Waals surface area contributed by atoms with Gasteiger partial charge in [0.25, 0.3) is 0 Å². The smallest absolute Gasteiger partial charge is 0.191 e. The summed E-state index contributed by atoms with van der Waals surface area (Å²) in [6.07, 6.45) is 2.07. The number of aromatic nitrogens is 1. The number of benzene rings is 1. The van der Waals surface area contributed by atoms with Crippen LogP contribution in [0.1, 0.15) is 55.3 Å². The molecule has 0 aliphatic rings. The molecule has 2 rings (SSSR count). The van der Waals surface area contributed by atoms with Crippen LogP contribution in [0.4, 0.5) is 0 Å². The lowest BCUT2D eigenvalue weighted by Gasteiger charge is -2.15. The van der Waals surface area contributed by atoms with Crippen molar-refractivity contribution in [3.63, 3.8) is 0 Å². The molecule has 0 spiro atoms. The maximum Gasteiger partial charge on any atom is 0.191 e. The molecule has 0 aliphatic carbocycles. The third-order valence-electron chi connectivity index (χ3n) is 4.41. The fourth-order valence-electron chi connectivity index (χ4n) is 2.99. The Morgan fingerprint density at radius 3 is 2.64 bits per heavy atom. The van der Waals surface area contributed by atoms with Gasteiger partial charge in [0, 0.05) is 24.2 Å². The maximum atomic E-state index is 5.96. The molecular weight excluding hydrogens is 352 g/mol. The molecule has 0 radical (unpaired) electrons. The third kappa shape index (κ3) is 6.59. The molecule has 0 unspecified atom stereocenters. The summed E-state index contributed by atoms with van der Waals surface area (Å²) in [5, 5.41) is 10.7. The summed E-state index contributed by atoms with van der Waals surface area (Å²) in [7, 11) is 0. The van der Waals surface area contributed by atoms with E-state index in [0.717, 1.165) is 54.7 Å². The fraction of sp³-hybridized carbons (Fsp3) is 0.545. The molecule has 0 saturated carbocycles. The molecule has 0 atom stereocenters. The monoisotopic (exact) mass is 386 g/mol. The summed E-state index contributed by atoms with van der Waals surface area (Å²) in [5.74, 6) is 2.64. The van der Waals surface area contributed by atoms with Crippen molar-refractivity contribution in [1.82, 2.24) is 15.8 Å². The Morgan fingerprint density at radius 1 is 1.21 bits per heavy atom. The van der Waals surface area contributed by atoms with Crippen LogP contribution in [0.15, 0.2) is 27.7 Å².